The van der Waals surface area contributed by atoms with Crippen molar-refractivity contribution >= 4 is 29.1 Å². The molecule has 1 aliphatic heterocycles. The first kappa shape index (κ1) is 18.1. The van der Waals surface area contributed by atoms with Gasteiger partial charge in [0.05, 0.1) is 23.1 Å². The lowest BCUT2D eigenvalue weighted by Crippen LogP contribution is -2.34. The van der Waals surface area contributed by atoms with E-state index in [9.17, 15) is 14.4 Å². The van der Waals surface area contributed by atoms with Gasteiger partial charge in [0, 0.05) is 5.69 Å². The molecule has 2 aliphatic carbocycles. The van der Waals surface area contributed by atoms with Crippen LogP contribution in [0.3, 0.4) is 0 Å². The molecule has 5 heteroatoms. The van der Waals surface area contributed by atoms with Crippen LogP contribution in [0.1, 0.15) is 42.1 Å². The maximum absolute atomic E-state index is 13.2. The summed E-state index contributed by atoms with van der Waals surface area (Å²) in [4.78, 5) is 40.8. The summed E-state index contributed by atoms with van der Waals surface area (Å²) in [5, 5.41) is 2.96. The van der Waals surface area contributed by atoms with Crippen LogP contribution in [0.4, 0.5) is 11.4 Å². The Kier molecular flexibility index (Phi) is 4.26. The second-order valence-electron chi connectivity index (χ2n) is 8.38. The zero-order chi connectivity index (χ0) is 20.1. The highest BCUT2D eigenvalue weighted by Crippen LogP contribution is 2.56. The van der Waals surface area contributed by atoms with Crippen molar-refractivity contribution in [1.29, 1.82) is 0 Å². The minimum atomic E-state index is -0.304. The number of hydrogen-bond acceptors (Lipinski definition) is 3. The lowest BCUT2D eigenvalue weighted by atomic mass is 9.81. The zero-order valence-electron chi connectivity index (χ0n) is 16.4. The van der Waals surface area contributed by atoms with E-state index < -0.39 is 0 Å². The van der Waals surface area contributed by atoms with Gasteiger partial charge < -0.3 is 5.32 Å². The minimum absolute atomic E-state index is 0.124. The molecule has 3 aliphatic rings. The molecule has 0 radical (unpaired) electrons. The van der Waals surface area contributed by atoms with E-state index in [4.69, 9.17) is 0 Å². The van der Waals surface area contributed by atoms with Crippen LogP contribution in [0.25, 0.3) is 0 Å². The Labute approximate surface area is 170 Å². The van der Waals surface area contributed by atoms with Gasteiger partial charge in [-0.25, -0.2) is 4.90 Å². The summed E-state index contributed by atoms with van der Waals surface area (Å²) in [6.07, 6.45) is 3.87. The average molecular weight is 388 g/mol. The summed E-state index contributed by atoms with van der Waals surface area (Å²) in [6.45, 7) is 2.04. The van der Waals surface area contributed by atoms with Crippen LogP contribution < -0.4 is 10.2 Å². The maximum Gasteiger partial charge on any atom is 0.257 e. The van der Waals surface area contributed by atoms with Gasteiger partial charge in [0.1, 0.15) is 0 Å². The number of hydrogen-bond donors (Lipinski definition) is 1. The Balaban J connectivity index is 1.48. The molecule has 2 saturated carbocycles. The number of imide groups is 1. The predicted octanol–water partition coefficient (Wildman–Crippen LogP) is 4.04. The van der Waals surface area contributed by atoms with Crippen LogP contribution in [0.2, 0.25) is 0 Å². The van der Waals surface area contributed by atoms with Gasteiger partial charge in [-0.15, -0.1) is 0 Å². The monoisotopic (exact) mass is 388 g/mol. The molecule has 1 N–H and O–H groups in total. The highest BCUT2D eigenvalue weighted by atomic mass is 16.2. The van der Waals surface area contributed by atoms with Gasteiger partial charge in [0.15, 0.2) is 0 Å². The van der Waals surface area contributed by atoms with Crippen molar-refractivity contribution in [2.75, 3.05) is 10.2 Å². The molecule has 148 valence electrons. The highest BCUT2D eigenvalue weighted by Gasteiger charge is 2.61. The van der Waals surface area contributed by atoms with Crippen molar-refractivity contribution in [1.82, 2.24) is 0 Å². The number of carbonyl (C=O) groups excluding carboxylic acids is 3. The zero-order valence-corrected chi connectivity index (χ0v) is 16.4. The highest BCUT2D eigenvalue weighted by molar-refractivity contribution is 6.25. The van der Waals surface area contributed by atoms with Gasteiger partial charge in [-0.05, 0) is 61.3 Å². The lowest BCUT2D eigenvalue weighted by Gasteiger charge is -2.20. The van der Waals surface area contributed by atoms with E-state index in [1.54, 1.807) is 24.3 Å². The van der Waals surface area contributed by atoms with E-state index in [1.165, 1.54) is 4.90 Å². The molecule has 3 amide bonds. The van der Waals surface area contributed by atoms with Crippen molar-refractivity contribution < 1.29 is 14.4 Å². The molecular weight excluding hydrogens is 364 g/mol. The Morgan fingerprint density at radius 3 is 2.28 bits per heavy atom. The number of para-hydroxylation sites is 2. The van der Waals surface area contributed by atoms with Gasteiger partial charge in [0.2, 0.25) is 11.8 Å². The predicted molar refractivity (Wildman–Crippen MR) is 111 cm³/mol. The van der Waals surface area contributed by atoms with Crippen molar-refractivity contribution in [2.24, 2.45) is 23.7 Å². The molecule has 4 atom stereocenters. The quantitative estimate of drug-likeness (QED) is 0.804. The second-order valence-corrected chi connectivity index (χ2v) is 8.38. The molecule has 3 fully saturated rings. The molecule has 5 nitrogen and oxygen atoms in total. The molecule has 5 rings (SSSR count). The van der Waals surface area contributed by atoms with E-state index in [0.29, 0.717) is 23.1 Å². The van der Waals surface area contributed by atoms with Crippen molar-refractivity contribution in [2.45, 2.75) is 32.6 Å². The molecule has 0 spiro atoms. The first-order chi connectivity index (χ1) is 14.1. The van der Waals surface area contributed by atoms with Crippen LogP contribution in [0.15, 0.2) is 48.5 Å². The lowest BCUT2D eigenvalue weighted by molar-refractivity contribution is -0.123. The summed E-state index contributed by atoms with van der Waals surface area (Å²) in [6, 6.07) is 14.6. The van der Waals surface area contributed by atoms with Gasteiger partial charge in [-0.2, -0.15) is 0 Å². The molecule has 2 aromatic carbocycles. The number of benzene rings is 2. The Bertz CT molecular complexity index is 987. The third kappa shape index (κ3) is 2.71. The maximum atomic E-state index is 13.2. The Morgan fingerprint density at radius 2 is 1.59 bits per heavy atom. The number of nitrogens with one attached hydrogen (secondary N) is 1. The molecule has 0 unspecified atom stereocenters. The molecule has 2 aromatic rings. The van der Waals surface area contributed by atoms with Gasteiger partial charge in [0.25, 0.3) is 5.91 Å². The van der Waals surface area contributed by atoms with Crippen molar-refractivity contribution in [3.8, 4) is 0 Å². The first-order valence-electron chi connectivity index (χ1n) is 10.5. The molecule has 1 heterocycles. The summed E-state index contributed by atoms with van der Waals surface area (Å²) in [5.41, 5.74) is 2.55. The normalized spacial score (nSPS) is 27.4. The number of aryl methyl sites for hydroxylation is 1. The molecule has 1 saturated heterocycles. The van der Waals surface area contributed by atoms with Crippen LogP contribution in [0, 0.1) is 23.7 Å². The SMILES string of the molecule is CCc1ccccc1NC(=O)c1ccccc1N1C(=O)[C@@H]2[C@H]3CC[C@H](C3)[C@@H]2C1=O. The Hall–Kier alpha value is -2.95. The number of nitrogens with zero attached hydrogens (tertiary/aromatic N) is 1. The van der Waals surface area contributed by atoms with E-state index in [0.717, 1.165) is 36.9 Å². The van der Waals surface area contributed by atoms with Crippen molar-refractivity contribution in [3.63, 3.8) is 0 Å². The summed E-state index contributed by atoms with van der Waals surface area (Å²) >= 11 is 0. The van der Waals surface area contributed by atoms with Gasteiger partial charge in [-0.1, -0.05) is 37.3 Å². The van der Waals surface area contributed by atoms with E-state index in [1.807, 2.05) is 31.2 Å². The number of amides is 3. The third-order valence-corrected chi connectivity index (χ3v) is 6.96. The third-order valence-electron chi connectivity index (χ3n) is 6.96. The summed E-state index contributed by atoms with van der Waals surface area (Å²) in [5.74, 6) is -0.297. The molecule has 2 bridgehead atoms. The smallest absolute Gasteiger partial charge is 0.257 e. The summed E-state index contributed by atoms with van der Waals surface area (Å²) in [7, 11) is 0. The first-order valence-corrected chi connectivity index (χ1v) is 10.5. The standard InChI is InChI=1S/C24H24N2O3/c1-2-14-7-3-5-9-18(14)25-22(27)17-8-4-6-10-19(17)26-23(28)20-15-11-12-16(13-15)21(20)24(26)29/h3-10,15-16,20-21H,2,11-13H2,1H3,(H,25,27)/t15-,16+,20+,21-. The summed E-state index contributed by atoms with van der Waals surface area (Å²) < 4.78 is 0. The van der Waals surface area contributed by atoms with Crippen LogP contribution in [-0.2, 0) is 16.0 Å². The van der Waals surface area contributed by atoms with E-state index in [2.05, 4.69) is 5.32 Å². The number of carbonyl (C=O) groups is 3. The fraction of sp³-hybridized carbons (Fsp3) is 0.375. The average Bonchev–Trinajstić information content (AvgIpc) is 3.42. The minimum Gasteiger partial charge on any atom is -0.322 e. The fourth-order valence-corrected chi connectivity index (χ4v) is 5.65. The molecule has 29 heavy (non-hydrogen) atoms. The largest absolute Gasteiger partial charge is 0.322 e. The van der Waals surface area contributed by atoms with Gasteiger partial charge >= 0.3 is 0 Å². The van der Waals surface area contributed by atoms with Crippen LogP contribution in [-0.4, -0.2) is 17.7 Å². The second kappa shape index (κ2) is 6.83. The molecule has 0 aromatic heterocycles. The fourth-order valence-electron chi connectivity index (χ4n) is 5.65. The number of rotatable bonds is 4. The number of fused-ring (bicyclic) bond motifs is 5. The van der Waals surface area contributed by atoms with E-state index >= 15 is 0 Å². The topological polar surface area (TPSA) is 66.5 Å². The van der Waals surface area contributed by atoms with Crippen molar-refractivity contribution in [3.05, 3.63) is 59.7 Å². The van der Waals surface area contributed by atoms with Crippen LogP contribution >= 0.6 is 0 Å². The Morgan fingerprint density at radius 1 is 0.966 bits per heavy atom. The molecular formula is C24H24N2O3. The number of anilines is 2. The van der Waals surface area contributed by atoms with E-state index in [-0.39, 0.29) is 29.6 Å². The van der Waals surface area contributed by atoms with Crippen LogP contribution in [0.5, 0.6) is 0 Å². The van der Waals surface area contributed by atoms with Gasteiger partial charge in [-0.3, -0.25) is 14.4 Å².